The number of hydrogen-bond donors (Lipinski definition) is 0. The summed E-state index contributed by atoms with van der Waals surface area (Å²) in [5, 5.41) is 4.28. The summed E-state index contributed by atoms with van der Waals surface area (Å²) >= 11 is 0. The zero-order valence-electron chi connectivity index (χ0n) is 39.3. The zero-order valence-corrected chi connectivity index (χ0v) is 31.3. The highest BCUT2D eigenvalue weighted by Gasteiger charge is 2.25. The SMILES string of the molecule is [2H]c1c([2H])c([2H])c2c(c1[2H])c1c([2H])c([2H])c([2H])c([2H])c1n2-c1ccc2cc3c(cc2c1)-c1cc2ccc(N(c4cc(C(C)C)ccc4C)c4cc(C(C)C)ccc4C)cc2cc1-3. The fraction of sp³-hybridized carbons (Fsp3) is 0.154. The van der Waals surface area contributed by atoms with Gasteiger partial charge in [0.05, 0.1) is 22.0 Å². The fourth-order valence-corrected chi connectivity index (χ4v) is 8.22. The first-order valence-corrected chi connectivity index (χ1v) is 18.7. The van der Waals surface area contributed by atoms with Crippen LogP contribution < -0.4 is 4.90 Å². The standard InChI is InChI=1S/C52H44N2/c1-31(2)35-17-15-33(5)51(29-35)54(52-30-36(32(3)4)18-16-34(52)6)42-22-20-38-26-46-47-27-39-23-41(21-19-37(39)25-45(47)48(46)28-40(38)24-42)53-49-13-9-7-11-43(49)44-12-8-10-14-50(44)53/h7-32H,1-6H3/i7D,8D,9D,10D,11D,12D,13D,14D. The third-order valence-corrected chi connectivity index (χ3v) is 11.3. The topological polar surface area (TPSA) is 8.17 Å². The molecule has 0 N–H and O–H groups in total. The minimum Gasteiger partial charge on any atom is -0.310 e. The summed E-state index contributed by atoms with van der Waals surface area (Å²) in [6, 6.07) is 31.9. The van der Waals surface area contributed by atoms with E-state index < -0.39 is 24.2 Å². The molecule has 0 saturated carbocycles. The van der Waals surface area contributed by atoms with E-state index in [0.717, 1.165) is 43.9 Å². The van der Waals surface area contributed by atoms with E-state index in [-0.39, 0.29) is 46.0 Å². The molecule has 8 aromatic carbocycles. The smallest absolute Gasteiger partial charge is 0.0645 e. The molecule has 1 aliphatic rings. The van der Waals surface area contributed by atoms with E-state index in [2.05, 4.69) is 125 Å². The summed E-state index contributed by atoms with van der Waals surface area (Å²) in [7, 11) is 0. The van der Waals surface area contributed by atoms with E-state index in [4.69, 9.17) is 11.0 Å². The van der Waals surface area contributed by atoms with Crippen molar-refractivity contribution in [1.29, 1.82) is 0 Å². The lowest BCUT2D eigenvalue weighted by Crippen LogP contribution is -2.14. The Bertz CT molecular complexity index is 3300. The number of anilines is 3. The number of nitrogens with zero attached hydrogens (tertiary/aromatic N) is 2. The maximum Gasteiger partial charge on any atom is 0.0645 e. The summed E-state index contributed by atoms with van der Waals surface area (Å²) < 4.78 is 70.9. The number of aryl methyl sites for hydroxylation is 2. The minimum absolute atomic E-state index is 0.0701. The van der Waals surface area contributed by atoms with Crippen LogP contribution in [0.2, 0.25) is 0 Å². The minimum atomic E-state index is -0.454. The first kappa shape index (κ1) is 25.0. The average molecular weight is 705 g/mol. The van der Waals surface area contributed by atoms with Crippen molar-refractivity contribution in [2.75, 3.05) is 4.90 Å². The lowest BCUT2D eigenvalue weighted by molar-refractivity contribution is 0.863. The molecule has 262 valence electrons. The van der Waals surface area contributed by atoms with Crippen LogP contribution in [0, 0.1) is 13.8 Å². The van der Waals surface area contributed by atoms with Crippen LogP contribution in [0.5, 0.6) is 0 Å². The number of para-hydroxylation sites is 2. The van der Waals surface area contributed by atoms with Crippen molar-refractivity contribution in [3.05, 3.63) is 168 Å². The Kier molecular flexibility index (Phi) is 5.65. The van der Waals surface area contributed by atoms with Gasteiger partial charge in [-0.25, -0.2) is 0 Å². The van der Waals surface area contributed by atoms with Gasteiger partial charge in [-0.2, -0.15) is 0 Å². The van der Waals surface area contributed by atoms with Gasteiger partial charge in [0.15, 0.2) is 0 Å². The fourth-order valence-electron chi connectivity index (χ4n) is 8.22. The third-order valence-electron chi connectivity index (χ3n) is 11.3. The van der Waals surface area contributed by atoms with Crippen molar-refractivity contribution in [3.63, 3.8) is 0 Å². The van der Waals surface area contributed by atoms with E-state index in [0.29, 0.717) is 17.5 Å². The Balaban J connectivity index is 1.11. The van der Waals surface area contributed by atoms with Crippen LogP contribution >= 0.6 is 0 Å². The monoisotopic (exact) mass is 704 g/mol. The third kappa shape index (κ3) is 5.01. The number of aromatic nitrogens is 1. The molecule has 2 nitrogen and oxygen atoms in total. The summed E-state index contributed by atoms with van der Waals surface area (Å²) in [5.41, 5.74) is 13.7. The Hall–Kier alpha value is -6.12. The van der Waals surface area contributed by atoms with Crippen LogP contribution in [-0.2, 0) is 0 Å². The van der Waals surface area contributed by atoms with Gasteiger partial charge in [0.2, 0.25) is 0 Å². The number of hydrogen-bond acceptors (Lipinski definition) is 1. The van der Waals surface area contributed by atoms with Crippen molar-refractivity contribution in [3.8, 4) is 27.9 Å². The van der Waals surface area contributed by atoms with Crippen molar-refractivity contribution >= 4 is 60.4 Å². The van der Waals surface area contributed by atoms with Gasteiger partial charge in [-0.15, -0.1) is 0 Å². The molecule has 10 rings (SSSR count). The van der Waals surface area contributed by atoms with E-state index in [1.165, 1.54) is 39.2 Å². The first-order valence-electron chi connectivity index (χ1n) is 22.7. The second-order valence-corrected chi connectivity index (χ2v) is 15.4. The van der Waals surface area contributed by atoms with Crippen LogP contribution in [0.4, 0.5) is 17.1 Å². The molecule has 0 aliphatic heterocycles. The molecular weight excluding hydrogens is 653 g/mol. The molecule has 1 aliphatic carbocycles. The van der Waals surface area contributed by atoms with Gasteiger partial charge >= 0.3 is 0 Å². The molecule has 0 fully saturated rings. The summed E-state index contributed by atoms with van der Waals surface area (Å²) in [5.74, 6) is 0.771. The van der Waals surface area contributed by atoms with E-state index in [9.17, 15) is 0 Å². The number of benzene rings is 8. The van der Waals surface area contributed by atoms with E-state index in [1.807, 2.05) is 18.2 Å². The molecule has 0 saturated heterocycles. The maximum absolute atomic E-state index is 8.94. The van der Waals surface area contributed by atoms with E-state index >= 15 is 0 Å². The van der Waals surface area contributed by atoms with Crippen LogP contribution in [0.3, 0.4) is 0 Å². The van der Waals surface area contributed by atoms with Crippen LogP contribution in [0.25, 0.3) is 71.3 Å². The molecule has 0 amide bonds. The highest BCUT2D eigenvalue weighted by atomic mass is 15.1. The normalized spacial score (nSPS) is 14.3. The second kappa shape index (κ2) is 12.2. The largest absolute Gasteiger partial charge is 0.310 e. The Morgan fingerprint density at radius 3 is 1.46 bits per heavy atom. The lowest BCUT2D eigenvalue weighted by Gasteiger charge is -2.31. The van der Waals surface area contributed by atoms with E-state index in [1.54, 1.807) is 4.57 Å². The lowest BCUT2D eigenvalue weighted by atomic mass is 9.78. The molecule has 0 unspecified atom stereocenters. The molecule has 54 heavy (non-hydrogen) atoms. The van der Waals surface area contributed by atoms with Crippen molar-refractivity contribution < 1.29 is 11.0 Å². The number of fused-ring (bicyclic) bond motifs is 9. The molecule has 0 spiro atoms. The van der Waals surface area contributed by atoms with Crippen LogP contribution in [0.1, 0.15) is 72.8 Å². The highest BCUT2D eigenvalue weighted by molar-refractivity contribution is 6.13. The van der Waals surface area contributed by atoms with Crippen LogP contribution in [-0.4, -0.2) is 4.57 Å². The molecule has 0 bridgehead atoms. The molecule has 2 heteroatoms. The van der Waals surface area contributed by atoms with Gasteiger partial charge in [-0.1, -0.05) is 100 Å². The summed E-state index contributed by atoms with van der Waals surface area (Å²) in [6.07, 6.45) is 0. The molecule has 0 radical (unpaired) electrons. The molecule has 1 heterocycles. The zero-order chi connectivity index (χ0) is 43.8. The molecular formula is C52H44N2. The summed E-state index contributed by atoms with van der Waals surface area (Å²) in [4.78, 5) is 2.42. The summed E-state index contributed by atoms with van der Waals surface area (Å²) in [6.45, 7) is 13.3. The predicted molar refractivity (Wildman–Crippen MR) is 233 cm³/mol. The van der Waals surface area contributed by atoms with Gasteiger partial charge in [-0.05, 0) is 164 Å². The van der Waals surface area contributed by atoms with Gasteiger partial charge in [0.25, 0.3) is 0 Å². The van der Waals surface area contributed by atoms with Crippen molar-refractivity contribution in [1.82, 2.24) is 4.57 Å². The number of rotatable bonds is 6. The van der Waals surface area contributed by atoms with Crippen LogP contribution in [0.15, 0.2) is 145 Å². The molecule has 1 aromatic heterocycles. The van der Waals surface area contributed by atoms with Crippen molar-refractivity contribution in [2.45, 2.75) is 53.4 Å². The second-order valence-electron chi connectivity index (χ2n) is 15.4. The maximum atomic E-state index is 8.94. The highest BCUT2D eigenvalue weighted by Crippen LogP contribution is 2.51. The Labute approximate surface area is 329 Å². The molecule has 0 atom stereocenters. The van der Waals surface area contributed by atoms with Crippen molar-refractivity contribution in [2.24, 2.45) is 0 Å². The average Bonchev–Trinajstić information content (AvgIpc) is 3.62. The van der Waals surface area contributed by atoms with Gasteiger partial charge in [0, 0.05) is 33.5 Å². The molecule has 9 aromatic rings. The predicted octanol–water partition coefficient (Wildman–Crippen LogP) is 15.1. The van der Waals surface area contributed by atoms with Gasteiger partial charge in [0.1, 0.15) is 0 Å². The van der Waals surface area contributed by atoms with Gasteiger partial charge < -0.3 is 9.47 Å². The first-order chi connectivity index (χ1) is 29.5. The Morgan fingerprint density at radius 1 is 0.481 bits per heavy atom. The Morgan fingerprint density at radius 2 is 0.944 bits per heavy atom. The quantitative estimate of drug-likeness (QED) is 0.167. The van der Waals surface area contributed by atoms with Gasteiger partial charge in [-0.3, -0.25) is 0 Å².